The van der Waals surface area contributed by atoms with Crippen LogP contribution in [0.5, 0.6) is 11.5 Å². The van der Waals surface area contributed by atoms with Crippen LogP contribution in [0.3, 0.4) is 0 Å². The van der Waals surface area contributed by atoms with Gasteiger partial charge in [0, 0.05) is 22.5 Å². The molecule has 2 aromatic carbocycles. The molecular formula is C19H14ClN3O3. The molecule has 0 atom stereocenters. The number of halogens is 1. The minimum Gasteiger partial charge on any atom is -0.454 e. The van der Waals surface area contributed by atoms with E-state index in [1.165, 1.54) is 0 Å². The van der Waals surface area contributed by atoms with Crippen LogP contribution in [0.1, 0.15) is 10.5 Å². The Bertz CT molecular complexity index is 943. The molecule has 0 saturated carbocycles. The Hall–Kier alpha value is -3.25. The standard InChI is InChI=1S/C19H14ClN3O3/c20-12-1-3-13(4-2-12)22-15-5-7-16(21-10-15)19(24)23-14-6-8-17-18(9-14)26-11-25-17/h1-10,22H,11H2,(H,23,24). The van der Waals surface area contributed by atoms with E-state index in [4.69, 9.17) is 21.1 Å². The molecule has 1 amide bonds. The summed E-state index contributed by atoms with van der Waals surface area (Å²) in [6.45, 7) is 0.191. The molecule has 0 radical (unpaired) electrons. The third-order valence-corrected chi connectivity index (χ3v) is 4.01. The zero-order valence-electron chi connectivity index (χ0n) is 13.5. The summed E-state index contributed by atoms with van der Waals surface area (Å²) in [6.07, 6.45) is 1.60. The van der Waals surface area contributed by atoms with Gasteiger partial charge in [-0.25, -0.2) is 4.98 Å². The van der Waals surface area contributed by atoms with Gasteiger partial charge in [-0.3, -0.25) is 4.79 Å². The fourth-order valence-electron chi connectivity index (χ4n) is 2.47. The lowest BCUT2D eigenvalue weighted by Gasteiger charge is -2.08. The predicted octanol–water partition coefficient (Wildman–Crippen LogP) is 4.46. The van der Waals surface area contributed by atoms with Gasteiger partial charge in [0.05, 0.1) is 11.9 Å². The number of nitrogens with one attached hydrogen (secondary N) is 2. The number of amides is 1. The lowest BCUT2D eigenvalue weighted by molar-refractivity contribution is 0.102. The molecule has 6 nitrogen and oxygen atoms in total. The monoisotopic (exact) mass is 367 g/mol. The first-order valence-corrected chi connectivity index (χ1v) is 8.25. The largest absolute Gasteiger partial charge is 0.454 e. The number of anilines is 3. The first-order valence-electron chi connectivity index (χ1n) is 7.87. The molecule has 1 aromatic heterocycles. The summed E-state index contributed by atoms with van der Waals surface area (Å²) in [6, 6.07) is 16.0. The van der Waals surface area contributed by atoms with Crippen LogP contribution in [0.15, 0.2) is 60.8 Å². The SMILES string of the molecule is O=C(Nc1ccc2c(c1)OCO2)c1ccc(Nc2ccc(Cl)cc2)cn1. The van der Waals surface area contributed by atoms with E-state index < -0.39 is 0 Å². The Morgan fingerprint density at radius 3 is 2.42 bits per heavy atom. The summed E-state index contributed by atoms with van der Waals surface area (Å²) >= 11 is 5.87. The topological polar surface area (TPSA) is 72.5 Å². The van der Waals surface area contributed by atoms with Crippen molar-refractivity contribution in [1.29, 1.82) is 0 Å². The molecule has 0 fully saturated rings. The second-order valence-electron chi connectivity index (χ2n) is 5.59. The number of nitrogens with zero attached hydrogens (tertiary/aromatic N) is 1. The molecule has 4 rings (SSSR count). The Balaban J connectivity index is 1.42. The van der Waals surface area contributed by atoms with Crippen LogP contribution in [0, 0.1) is 0 Å². The Labute approximate surface area is 154 Å². The van der Waals surface area contributed by atoms with Gasteiger partial charge in [-0.05, 0) is 48.5 Å². The fraction of sp³-hybridized carbons (Fsp3) is 0.0526. The van der Waals surface area contributed by atoms with Crippen LogP contribution in [0.4, 0.5) is 17.1 Å². The highest BCUT2D eigenvalue weighted by molar-refractivity contribution is 6.30. The molecule has 1 aliphatic rings. The predicted molar refractivity (Wildman–Crippen MR) is 99.5 cm³/mol. The first-order chi connectivity index (χ1) is 12.7. The number of pyridine rings is 1. The average Bonchev–Trinajstić information content (AvgIpc) is 3.12. The van der Waals surface area contributed by atoms with E-state index >= 15 is 0 Å². The molecule has 2 heterocycles. The van der Waals surface area contributed by atoms with E-state index in [0.29, 0.717) is 27.9 Å². The number of aromatic nitrogens is 1. The van der Waals surface area contributed by atoms with E-state index in [9.17, 15) is 4.79 Å². The van der Waals surface area contributed by atoms with Gasteiger partial charge in [-0.15, -0.1) is 0 Å². The van der Waals surface area contributed by atoms with E-state index in [2.05, 4.69) is 15.6 Å². The van der Waals surface area contributed by atoms with Crippen molar-refractivity contribution in [2.24, 2.45) is 0 Å². The second-order valence-corrected chi connectivity index (χ2v) is 6.02. The van der Waals surface area contributed by atoms with Gasteiger partial charge in [0.15, 0.2) is 11.5 Å². The van der Waals surface area contributed by atoms with E-state index in [1.54, 1.807) is 48.7 Å². The van der Waals surface area contributed by atoms with E-state index in [0.717, 1.165) is 11.4 Å². The molecule has 2 N–H and O–H groups in total. The van der Waals surface area contributed by atoms with Gasteiger partial charge in [0.1, 0.15) is 5.69 Å². The number of fused-ring (bicyclic) bond motifs is 1. The highest BCUT2D eigenvalue weighted by Gasteiger charge is 2.15. The molecule has 0 spiro atoms. The van der Waals surface area contributed by atoms with Crippen LogP contribution < -0.4 is 20.1 Å². The minimum absolute atomic E-state index is 0.191. The molecule has 26 heavy (non-hydrogen) atoms. The second kappa shape index (κ2) is 6.93. The van der Waals surface area contributed by atoms with Crippen LogP contribution in [0.25, 0.3) is 0 Å². The van der Waals surface area contributed by atoms with Gasteiger partial charge >= 0.3 is 0 Å². The maximum atomic E-state index is 12.3. The number of hydrogen-bond acceptors (Lipinski definition) is 5. The molecule has 0 aliphatic carbocycles. The summed E-state index contributed by atoms with van der Waals surface area (Å²) < 4.78 is 10.6. The molecule has 130 valence electrons. The number of benzene rings is 2. The van der Waals surface area contributed by atoms with Crippen LogP contribution in [-0.4, -0.2) is 17.7 Å². The minimum atomic E-state index is -0.304. The number of rotatable bonds is 4. The normalized spacial score (nSPS) is 11.9. The summed E-state index contributed by atoms with van der Waals surface area (Å²) in [5.74, 6) is 0.971. The average molecular weight is 368 g/mol. The third kappa shape index (κ3) is 3.55. The highest BCUT2D eigenvalue weighted by atomic mass is 35.5. The van der Waals surface area contributed by atoms with E-state index in [-0.39, 0.29) is 12.7 Å². The first kappa shape index (κ1) is 16.2. The Morgan fingerprint density at radius 1 is 0.923 bits per heavy atom. The molecule has 0 saturated heterocycles. The number of hydrogen-bond donors (Lipinski definition) is 2. The quantitative estimate of drug-likeness (QED) is 0.712. The van der Waals surface area contributed by atoms with Gasteiger partial charge in [0.25, 0.3) is 5.91 Å². The van der Waals surface area contributed by atoms with Crippen molar-refractivity contribution in [1.82, 2.24) is 4.98 Å². The molecule has 3 aromatic rings. The number of carbonyl (C=O) groups excluding carboxylic acids is 1. The Morgan fingerprint density at radius 2 is 1.65 bits per heavy atom. The zero-order valence-corrected chi connectivity index (χ0v) is 14.3. The fourth-order valence-corrected chi connectivity index (χ4v) is 2.60. The summed E-state index contributed by atoms with van der Waals surface area (Å²) in [5.41, 5.74) is 2.58. The van der Waals surface area contributed by atoms with Crippen molar-refractivity contribution in [3.8, 4) is 11.5 Å². The highest BCUT2D eigenvalue weighted by Crippen LogP contribution is 2.34. The number of carbonyl (C=O) groups is 1. The maximum Gasteiger partial charge on any atom is 0.274 e. The van der Waals surface area contributed by atoms with Crippen LogP contribution in [-0.2, 0) is 0 Å². The molecule has 7 heteroatoms. The lowest BCUT2D eigenvalue weighted by atomic mass is 10.2. The van der Waals surface area contributed by atoms with Crippen molar-refractivity contribution < 1.29 is 14.3 Å². The molecule has 1 aliphatic heterocycles. The summed E-state index contributed by atoms with van der Waals surface area (Å²) in [5, 5.41) is 6.65. The Kier molecular flexibility index (Phi) is 4.33. The summed E-state index contributed by atoms with van der Waals surface area (Å²) in [4.78, 5) is 16.5. The number of ether oxygens (including phenoxy) is 2. The van der Waals surface area contributed by atoms with Crippen LogP contribution in [0.2, 0.25) is 5.02 Å². The third-order valence-electron chi connectivity index (χ3n) is 3.76. The molecule has 0 bridgehead atoms. The molecule has 0 unspecified atom stereocenters. The van der Waals surface area contributed by atoms with Gasteiger partial charge < -0.3 is 20.1 Å². The van der Waals surface area contributed by atoms with Gasteiger partial charge in [0.2, 0.25) is 6.79 Å². The van der Waals surface area contributed by atoms with E-state index in [1.807, 2.05) is 12.1 Å². The van der Waals surface area contributed by atoms with Crippen LogP contribution >= 0.6 is 11.6 Å². The maximum absolute atomic E-state index is 12.3. The smallest absolute Gasteiger partial charge is 0.274 e. The van der Waals surface area contributed by atoms with Crippen molar-refractivity contribution >= 4 is 34.6 Å². The van der Waals surface area contributed by atoms with Gasteiger partial charge in [-0.1, -0.05) is 11.6 Å². The van der Waals surface area contributed by atoms with Crippen molar-refractivity contribution in [2.75, 3.05) is 17.4 Å². The summed E-state index contributed by atoms with van der Waals surface area (Å²) in [7, 11) is 0. The van der Waals surface area contributed by atoms with Crippen molar-refractivity contribution in [3.05, 3.63) is 71.5 Å². The van der Waals surface area contributed by atoms with Crippen molar-refractivity contribution in [2.45, 2.75) is 0 Å². The zero-order chi connectivity index (χ0) is 17.9. The van der Waals surface area contributed by atoms with Gasteiger partial charge in [-0.2, -0.15) is 0 Å². The lowest BCUT2D eigenvalue weighted by Crippen LogP contribution is -2.13. The van der Waals surface area contributed by atoms with Crippen molar-refractivity contribution in [3.63, 3.8) is 0 Å². The molecular weight excluding hydrogens is 354 g/mol.